The Morgan fingerprint density at radius 1 is 1.19 bits per heavy atom. The van der Waals surface area contributed by atoms with E-state index in [1.165, 1.54) is 24.1 Å². The Labute approximate surface area is 124 Å². The van der Waals surface area contributed by atoms with Crippen molar-refractivity contribution in [3.8, 4) is 0 Å². The van der Waals surface area contributed by atoms with Crippen molar-refractivity contribution in [2.45, 2.75) is 19.8 Å². The highest BCUT2D eigenvalue weighted by atomic mass is 16.1. The number of amides is 1. The van der Waals surface area contributed by atoms with E-state index in [0.717, 1.165) is 18.8 Å². The molecule has 0 aliphatic carbocycles. The van der Waals surface area contributed by atoms with Crippen molar-refractivity contribution in [1.29, 1.82) is 0 Å². The minimum Gasteiger partial charge on any atom is -0.371 e. The molecule has 0 spiro atoms. The molecule has 1 saturated heterocycles. The summed E-state index contributed by atoms with van der Waals surface area (Å²) in [4.78, 5) is 18.5. The van der Waals surface area contributed by atoms with E-state index in [2.05, 4.69) is 28.2 Å². The Balaban J connectivity index is 1.75. The minimum absolute atomic E-state index is 0.177. The van der Waals surface area contributed by atoms with E-state index in [1.54, 1.807) is 18.3 Å². The average Bonchev–Trinajstić information content (AvgIpc) is 3.02. The van der Waals surface area contributed by atoms with Gasteiger partial charge in [0.15, 0.2) is 0 Å². The topological polar surface area (TPSA) is 45.2 Å². The Morgan fingerprint density at radius 2 is 2.00 bits per heavy atom. The summed E-state index contributed by atoms with van der Waals surface area (Å²) in [7, 11) is 0. The van der Waals surface area contributed by atoms with Crippen LogP contribution in [0.1, 0.15) is 28.9 Å². The third-order valence-corrected chi connectivity index (χ3v) is 3.80. The van der Waals surface area contributed by atoms with E-state index < -0.39 is 0 Å². The van der Waals surface area contributed by atoms with Crippen LogP contribution >= 0.6 is 0 Å². The maximum Gasteiger partial charge on any atom is 0.274 e. The molecule has 3 rings (SSSR count). The number of pyridine rings is 1. The summed E-state index contributed by atoms with van der Waals surface area (Å²) < 4.78 is 0. The molecule has 108 valence electrons. The number of carbonyl (C=O) groups is 1. The molecule has 2 heterocycles. The van der Waals surface area contributed by atoms with E-state index in [-0.39, 0.29) is 5.91 Å². The van der Waals surface area contributed by atoms with Crippen molar-refractivity contribution in [3.63, 3.8) is 0 Å². The molecule has 1 amide bonds. The molecule has 0 radical (unpaired) electrons. The van der Waals surface area contributed by atoms with Crippen LogP contribution in [0.4, 0.5) is 11.4 Å². The maximum atomic E-state index is 12.1. The third-order valence-electron chi connectivity index (χ3n) is 3.80. The lowest BCUT2D eigenvalue weighted by atomic mass is 10.1. The molecule has 1 aromatic carbocycles. The van der Waals surface area contributed by atoms with Gasteiger partial charge in [0, 0.05) is 30.7 Å². The van der Waals surface area contributed by atoms with Crippen LogP contribution in [0.3, 0.4) is 0 Å². The predicted molar refractivity (Wildman–Crippen MR) is 84.8 cm³/mol. The molecule has 1 aromatic heterocycles. The Hall–Kier alpha value is -2.36. The number of aromatic nitrogens is 1. The Bertz CT molecular complexity index is 634. The highest BCUT2D eigenvalue weighted by Crippen LogP contribution is 2.26. The molecule has 0 saturated carbocycles. The standard InChI is InChI=1S/C17H19N3O/c1-13-12-14(7-8-16(13)20-10-4-5-11-20)19-17(21)15-6-2-3-9-18-15/h2-3,6-9,12H,4-5,10-11H2,1H3,(H,19,21). The highest BCUT2D eigenvalue weighted by molar-refractivity contribution is 6.02. The van der Waals surface area contributed by atoms with E-state index in [4.69, 9.17) is 0 Å². The molecular weight excluding hydrogens is 262 g/mol. The Kier molecular flexibility index (Phi) is 3.86. The number of rotatable bonds is 3. The number of benzene rings is 1. The van der Waals surface area contributed by atoms with Gasteiger partial charge >= 0.3 is 0 Å². The van der Waals surface area contributed by atoms with Gasteiger partial charge in [-0.15, -0.1) is 0 Å². The Morgan fingerprint density at radius 3 is 2.67 bits per heavy atom. The van der Waals surface area contributed by atoms with Gasteiger partial charge in [-0.1, -0.05) is 6.07 Å². The zero-order valence-electron chi connectivity index (χ0n) is 12.2. The quantitative estimate of drug-likeness (QED) is 0.939. The largest absolute Gasteiger partial charge is 0.371 e. The summed E-state index contributed by atoms with van der Waals surface area (Å²) in [5.41, 5.74) is 3.70. The molecule has 4 nitrogen and oxygen atoms in total. The first-order valence-corrected chi connectivity index (χ1v) is 7.32. The van der Waals surface area contributed by atoms with Gasteiger partial charge in [-0.3, -0.25) is 9.78 Å². The smallest absolute Gasteiger partial charge is 0.274 e. The number of anilines is 2. The van der Waals surface area contributed by atoms with E-state index in [1.807, 2.05) is 18.2 Å². The van der Waals surface area contributed by atoms with Crippen molar-refractivity contribution < 1.29 is 4.79 Å². The number of aryl methyl sites for hydroxylation is 1. The zero-order chi connectivity index (χ0) is 14.7. The van der Waals surface area contributed by atoms with Crippen molar-refractivity contribution in [3.05, 3.63) is 53.9 Å². The van der Waals surface area contributed by atoms with Crippen LogP contribution in [-0.4, -0.2) is 24.0 Å². The fourth-order valence-corrected chi connectivity index (χ4v) is 2.74. The van der Waals surface area contributed by atoms with Crippen LogP contribution in [0.5, 0.6) is 0 Å². The predicted octanol–water partition coefficient (Wildman–Crippen LogP) is 3.24. The highest BCUT2D eigenvalue weighted by Gasteiger charge is 2.15. The normalized spacial score (nSPS) is 14.2. The van der Waals surface area contributed by atoms with Crippen LogP contribution in [0.25, 0.3) is 0 Å². The molecule has 21 heavy (non-hydrogen) atoms. The molecule has 2 aromatic rings. The third kappa shape index (κ3) is 3.05. The van der Waals surface area contributed by atoms with Crippen molar-refractivity contribution in [2.75, 3.05) is 23.3 Å². The second kappa shape index (κ2) is 5.95. The van der Waals surface area contributed by atoms with Gasteiger partial charge < -0.3 is 10.2 Å². The summed E-state index contributed by atoms with van der Waals surface area (Å²) in [6, 6.07) is 11.4. The molecular formula is C17H19N3O. The van der Waals surface area contributed by atoms with Gasteiger partial charge in [0.05, 0.1) is 0 Å². The lowest BCUT2D eigenvalue weighted by Crippen LogP contribution is -2.19. The summed E-state index contributed by atoms with van der Waals surface area (Å²) in [6.07, 6.45) is 4.14. The lowest BCUT2D eigenvalue weighted by molar-refractivity contribution is 0.102. The lowest BCUT2D eigenvalue weighted by Gasteiger charge is -2.20. The fourth-order valence-electron chi connectivity index (χ4n) is 2.74. The van der Waals surface area contributed by atoms with Gasteiger partial charge in [-0.2, -0.15) is 0 Å². The van der Waals surface area contributed by atoms with E-state index in [0.29, 0.717) is 5.69 Å². The second-order valence-electron chi connectivity index (χ2n) is 5.36. The number of nitrogens with zero attached hydrogens (tertiary/aromatic N) is 2. The molecule has 1 N–H and O–H groups in total. The number of nitrogens with one attached hydrogen (secondary N) is 1. The number of carbonyl (C=O) groups excluding carboxylic acids is 1. The molecule has 1 fully saturated rings. The molecule has 0 bridgehead atoms. The average molecular weight is 281 g/mol. The van der Waals surface area contributed by atoms with Crippen LogP contribution in [0.2, 0.25) is 0 Å². The summed E-state index contributed by atoms with van der Waals surface area (Å²) in [5.74, 6) is -0.177. The van der Waals surface area contributed by atoms with Crippen LogP contribution in [-0.2, 0) is 0 Å². The van der Waals surface area contributed by atoms with Crippen LogP contribution in [0.15, 0.2) is 42.6 Å². The first-order chi connectivity index (χ1) is 10.2. The van der Waals surface area contributed by atoms with E-state index >= 15 is 0 Å². The van der Waals surface area contributed by atoms with Crippen molar-refractivity contribution in [1.82, 2.24) is 4.98 Å². The molecule has 0 unspecified atom stereocenters. The zero-order valence-corrected chi connectivity index (χ0v) is 12.2. The monoisotopic (exact) mass is 281 g/mol. The molecule has 1 aliphatic rings. The van der Waals surface area contributed by atoms with Gasteiger partial charge in [-0.05, 0) is 55.7 Å². The minimum atomic E-state index is -0.177. The van der Waals surface area contributed by atoms with Gasteiger partial charge in [0.25, 0.3) is 5.91 Å². The van der Waals surface area contributed by atoms with E-state index in [9.17, 15) is 4.79 Å². The van der Waals surface area contributed by atoms with Gasteiger partial charge in [0.1, 0.15) is 5.69 Å². The summed E-state index contributed by atoms with van der Waals surface area (Å²) >= 11 is 0. The summed E-state index contributed by atoms with van der Waals surface area (Å²) in [5, 5.41) is 2.90. The number of hydrogen-bond donors (Lipinski definition) is 1. The first kappa shape index (κ1) is 13.6. The second-order valence-corrected chi connectivity index (χ2v) is 5.36. The van der Waals surface area contributed by atoms with Gasteiger partial charge in [-0.25, -0.2) is 0 Å². The molecule has 1 aliphatic heterocycles. The molecule has 0 atom stereocenters. The molecule has 4 heteroatoms. The van der Waals surface area contributed by atoms with Crippen molar-refractivity contribution >= 4 is 17.3 Å². The van der Waals surface area contributed by atoms with Crippen molar-refractivity contribution in [2.24, 2.45) is 0 Å². The fraction of sp³-hybridized carbons (Fsp3) is 0.294. The summed E-state index contributed by atoms with van der Waals surface area (Å²) in [6.45, 7) is 4.34. The number of hydrogen-bond acceptors (Lipinski definition) is 3. The SMILES string of the molecule is Cc1cc(NC(=O)c2ccccn2)ccc1N1CCCC1. The van der Waals surface area contributed by atoms with Crippen LogP contribution in [0, 0.1) is 6.92 Å². The maximum absolute atomic E-state index is 12.1. The first-order valence-electron chi connectivity index (χ1n) is 7.32. The van der Waals surface area contributed by atoms with Gasteiger partial charge in [0.2, 0.25) is 0 Å². The van der Waals surface area contributed by atoms with Crippen LogP contribution < -0.4 is 10.2 Å².